The first-order valence-electron chi connectivity index (χ1n) is 6.82. The second-order valence-corrected chi connectivity index (χ2v) is 4.59. The number of carbonyl (C=O) groups is 2. The van der Waals surface area contributed by atoms with Gasteiger partial charge in [-0.2, -0.15) is 0 Å². The fourth-order valence-electron chi connectivity index (χ4n) is 1.72. The highest BCUT2D eigenvalue weighted by Crippen LogP contribution is 2.07. The molecule has 0 aromatic rings. The largest absolute Gasteiger partial charge is 0.355 e. The van der Waals surface area contributed by atoms with Crippen molar-refractivity contribution < 1.29 is 9.59 Å². The molecular formula is C13H27N3O2. The SMILES string of the molecule is CCCNC(=O)CN(CCC)C(=O)C(C)CCN. The summed E-state index contributed by atoms with van der Waals surface area (Å²) in [5, 5.41) is 2.79. The molecule has 0 spiro atoms. The van der Waals surface area contributed by atoms with Crippen molar-refractivity contribution in [3.05, 3.63) is 0 Å². The van der Waals surface area contributed by atoms with E-state index in [4.69, 9.17) is 5.73 Å². The van der Waals surface area contributed by atoms with Gasteiger partial charge in [0.25, 0.3) is 0 Å². The molecular weight excluding hydrogens is 230 g/mol. The molecule has 0 bridgehead atoms. The molecule has 106 valence electrons. The Morgan fingerprint density at radius 3 is 2.44 bits per heavy atom. The third kappa shape index (κ3) is 6.59. The van der Waals surface area contributed by atoms with Crippen molar-refractivity contribution in [2.45, 2.75) is 40.0 Å². The van der Waals surface area contributed by atoms with Gasteiger partial charge in [-0.1, -0.05) is 20.8 Å². The zero-order valence-corrected chi connectivity index (χ0v) is 11.9. The minimum Gasteiger partial charge on any atom is -0.355 e. The first-order valence-corrected chi connectivity index (χ1v) is 6.82. The van der Waals surface area contributed by atoms with Gasteiger partial charge in [-0.05, 0) is 25.8 Å². The minimum absolute atomic E-state index is 0.0222. The van der Waals surface area contributed by atoms with E-state index in [0.29, 0.717) is 26.1 Å². The highest BCUT2D eigenvalue weighted by molar-refractivity contribution is 5.85. The molecule has 0 aromatic carbocycles. The van der Waals surface area contributed by atoms with Crippen LogP contribution in [0.1, 0.15) is 40.0 Å². The number of nitrogens with zero attached hydrogens (tertiary/aromatic N) is 1. The summed E-state index contributed by atoms with van der Waals surface area (Å²) in [6.45, 7) is 7.79. The molecule has 3 N–H and O–H groups in total. The van der Waals surface area contributed by atoms with Gasteiger partial charge in [0.2, 0.25) is 11.8 Å². The van der Waals surface area contributed by atoms with Gasteiger partial charge in [-0.15, -0.1) is 0 Å². The van der Waals surface area contributed by atoms with Crippen LogP contribution in [-0.4, -0.2) is 42.9 Å². The van der Waals surface area contributed by atoms with Crippen LogP contribution >= 0.6 is 0 Å². The summed E-state index contributed by atoms with van der Waals surface area (Å²) >= 11 is 0. The van der Waals surface area contributed by atoms with Crippen LogP contribution in [0.2, 0.25) is 0 Å². The topological polar surface area (TPSA) is 75.4 Å². The molecule has 1 atom stereocenters. The van der Waals surface area contributed by atoms with Crippen LogP contribution in [0.25, 0.3) is 0 Å². The van der Waals surface area contributed by atoms with Crippen molar-refractivity contribution in [2.24, 2.45) is 11.7 Å². The van der Waals surface area contributed by atoms with Crippen molar-refractivity contribution in [2.75, 3.05) is 26.2 Å². The van der Waals surface area contributed by atoms with Gasteiger partial charge < -0.3 is 16.0 Å². The number of amides is 2. The second kappa shape index (κ2) is 9.88. The van der Waals surface area contributed by atoms with Gasteiger partial charge in [-0.25, -0.2) is 0 Å². The molecule has 0 saturated heterocycles. The standard InChI is InChI=1S/C13H27N3O2/c1-4-8-15-12(17)10-16(9-5-2)13(18)11(3)6-7-14/h11H,4-10,14H2,1-3H3,(H,15,17). The van der Waals surface area contributed by atoms with E-state index in [-0.39, 0.29) is 24.3 Å². The summed E-state index contributed by atoms with van der Waals surface area (Å²) in [4.78, 5) is 25.4. The molecule has 0 aliphatic carbocycles. The summed E-state index contributed by atoms with van der Waals surface area (Å²) in [5.74, 6) is -0.173. The Kier molecular flexibility index (Phi) is 9.28. The Hall–Kier alpha value is -1.10. The van der Waals surface area contributed by atoms with Crippen LogP contribution < -0.4 is 11.1 Å². The molecule has 5 heteroatoms. The van der Waals surface area contributed by atoms with Crippen LogP contribution in [0.4, 0.5) is 0 Å². The number of hydrogen-bond donors (Lipinski definition) is 2. The maximum atomic E-state index is 12.1. The van der Waals surface area contributed by atoms with E-state index in [1.54, 1.807) is 4.90 Å². The monoisotopic (exact) mass is 257 g/mol. The highest BCUT2D eigenvalue weighted by Gasteiger charge is 2.21. The van der Waals surface area contributed by atoms with E-state index < -0.39 is 0 Å². The Morgan fingerprint density at radius 1 is 1.28 bits per heavy atom. The molecule has 0 aromatic heterocycles. The summed E-state index contributed by atoms with van der Waals surface area (Å²) < 4.78 is 0. The molecule has 2 amide bonds. The maximum Gasteiger partial charge on any atom is 0.239 e. The van der Waals surface area contributed by atoms with Crippen molar-refractivity contribution in [1.82, 2.24) is 10.2 Å². The Bertz CT molecular complexity index is 257. The van der Waals surface area contributed by atoms with Gasteiger partial charge >= 0.3 is 0 Å². The van der Waals surface area contributed by atoms with Crippen molar-refractivity contribution in [3.8, 4) is 0 Å². The van der Waals surface area contributed by atoms with E-state index in [9.17, 15) is 9.59 Å². The van der Waals surface area contributed by atoms with Crippen LogP contribution in [0.15, 0.2) is 0 Å². The Balaban J connectivity index is 4.36. The van der Waals surface area contributed by atoms with Crippen molar-refractivity contribution >= 4 is 11.8 Å². The molecule has 0 aliphatic heterocycles. The van der Waals surface area contributed by atoms with Crippen LogP contribution in [0, 0.1) is 5.92 Å². The number of nitrogens with one attached hydrogen (secondary N) is 1. The predicted molar refractivity (Wildman–Crippen MR) is 73.0 cm³/mol. The number of hydrogen-bond acceptors (Lipinski definition) is 3. The quantitative estimate of drug-likeness (QED) is 0.639. The molecule has 1 unspecified atom stereocenters. The summed E-state index contributed by atoms with van der Waals surface area (Å²) in [6, 6.07) is 0. The van der Waals surface area contributed by atoms with Crippen molar-refractivity contribution in [3.63, 3.8) is 0 Å². The second-order valence-electron chi connectivity index (χ2n) is 4.59. The number of rotatable bonds is 9. The molecule has 18 heavy (non-hydrogen) atoms. The first-order chi connectivity index (χ1) is 8.56. The highest BCUT2D eigenvalue weighted by atomic mass is 16.2. The lowest BCUT2D eigenvalue weighted by Gasteiger charge is -2.24. The summed E-state index contributed by atoms with van der Waals surface area (Å²) in [6.07, 6.45) is 2.41. The lowest BCUT2D eigenvalue weighted by atomic mass is 10.1. The average molecular weight is 257 g/mol. The van der Waals surface area contributed by atoms with Crippen LogP contribution in [0.3, 0.4) is 0 Å². The fraction of sp³-hybridized carbons (Fsp3) is 0.846. The molecule has 0 saturated carbocycles. The first kappa shape index (κ1) is 16.9. The Labute approximate surface area is 110 Å². The molecule has 0 heterocycles. The van der Waals surface area contributed by atoms with E-state index in [2.05, 4.69) is 5.32 Å². The molecule has 0 rings (SSSR count). The zero-order chi connectivity index (χ0) is 14.0. The van der Waals surface area contributed by atoms with Crippen molar-refractivity contribution in [1.29, 1.82) is 0 Å². The normalized spacial score (nSPS) is 12.0. The average Bonchev–Trinajstić information content (AvgIpc) is 2.35. The van der Waals surface area contributed by atoms with E-state index in [1.165, 1.54) is 0 Å². The summed E-state index contributed by atoms with van der Waals surface area (Å²) in [7, 11) is 0. The van der Waals surface area contributed by atoms with Gasteiger partial charge in [0.1, 0.15) is 0 Å². The van der Waals surface area contributed by atoms with Crippen LogP contribution in [0.5, 0.6) is 0 Å². The van der Waals surface area contributed by atoms with Gasteiger partial charge in [-0.3, -0.25) is 9.59 Å². The maximum absolute atomic E-state index is 12.1. The Morgan fingerprint density at radius 2 is 1.94 bits per heavy atom. The third-order valence-corrected chi connectivity index (χ3v) is 2.73. The smallest absolute Gasteiger partial charge is 0.239 e. The molecule has 0 aliphatic rings. The predicted octanol–water partition coefficient (Wildman–Crippen LogP) is 0.736. The molecule has 0 radical (unpaired) electrons. The third-order valence-electron chi connectivity index (χ3n) is 2.73. The van der Waals surface area contributed by atoms with E-state index in [1.807, 2.05) is 20.8 Å². The lowest BCUT2D eigenvalue weighted by molar-refractivity contribution is -0.139. The van der Waals surface area contributed by atoms with Gasteiger partial charge in [0.15, 0.2) is 0 Å². The minimum atomic E-state index is -0.111. The molecule has 0 fully saturated rings. The summed E-state index contributed by atoms with van der Waals surface area (Å²) in [5.41, 5.74) is 5.46. The number of nitrogens with two attached hydrogens (primary N) is 1. The van der Waals surface area contributed by atoms with Gasteiger partial charge in [0.05, 0.1) is 6.54 Å². The molecule has 5 nitrogen and oxygen atoms in total. The lowest BCUT2D eigenvalue weighted by Crippen LogP contribution is -2.43. The van der Waals surface area contributed by atoms with Gasteiger partial charge in [0, 0.05) is 19.0 Å². The van der Waals surface area contributed by atoms with E-state index in [0.717, 1.165) is 12.8 Å². The van der Waals surface area contributed by atoms with E-state index >= 15 is 0 Å². The number of carbonyl (C=O) groups excluding carboxylic acids is 2. The van der Waals surface area contributed by atoms with Crippen LogP contribution in [-0.2, 0) is 9.59 Å². The fourth-order valence-corrected chi connectivity index (χ4v) is 1.72. The zero-order valence-electron chi connectivity index (χ0n) is 11.9.